The minimum atomic E-state index is -0.765. The summed E-state index contributed by atoms with van der Waals surface area (Å²) in [6.45, 7) is 4.57. The number of rotatable bonds is 7. The smallest absolute Gasteiger partial charge is 0.305 e. The molecule has 32 heavy (non-hydrogen) atoms. The van der Waals surface area contributed by atoms with E-state index in [-0.39, 0.29) is 18.6 Å². The molecule has 2 aromatic heterocycles. The summed E-state index contributed by atoms with van der Waals surface area (Å²) in [5, 5.41) is 9.70. The van der Waals surface area contributed by atoms with Crippen LogP contribution in [-0.4, -0.2) is 59.9 Å². The quantitative estimate of drug-likeness (QED) is 0.623. The molecule has 8 nitrogen and oxygen atoms in total. The molecule has 0 saturated carbocycles. The third kappa shape index (κ3) is 5.01. The number of piperidine rings is 1. The summed E-state index contributed by atoms with van der Waals surface area (Å²) in [5.74, 6) is 0.861. The number of anilines is 2. The van der Waals surface area contributed by atoms with E-state index in [0.29, 0.717) is 22.7 Å². The fraction of sp³-hybridized carbons (Fsp3) is 0.522. The van der Waals surface area contributed by atoms with Gasteiger partial charge in [0, 0.05) is 50.7 Å². The molecule has 0 amide bonds. The molecule has 2 aromatic rings. The summed E-state index contributed by atoms with van der Waals surface area (Å²) >= 11 is 6.28. The Morgan fingerprint density at radius 3 is 2.62 bits per heavy atom. The summed E-state index contributed by atoms with van der Waals surface area (Å²) in [4.78, 5) is 24.3. The van der Waals surface area contributed by atoms with Crippen LogP contribution in [0.2, 0.25) is 5.15 Å². The molecule has 2 atom stereocenters. The lowest BCUT2D eigenvalue weighted by molar-refractivity contribution is -0.137. The first-order valence-electron chi connectivity index (χ1n) is 11.0. The number of hydrogen-bond donors (Lipinski definition) is 1. The van der Waals surface area contributed by atoms with Gasteiger partial charge in [-0.25, -0.2) is 9.97 Å². The van der Waals surface area contributed by atoms with E-state index >= 15 is 0 Å². The van der Waals surface area contributed by atoms with Crippen molar-refractivity contribution in [1.82, 2.24) is 9.97 Å². The minimum Gasteiger partial charge on any atom is -0.495 e. The fourth-order valence-electron chi connectivity index (χ4n) is 4.57. The van der Waals surface area contributed by atoms with Crippen LogP contribution in [0.15, 0.2) is 30.6 Å². The number of hydrogen-bond acceptors (Lipinski definition) is 7. The van der Waals surface area contributed by atoms with Crippen molar-refractivity contribution in [2.75, 3.05) is 36.5 Å². The largest absolute Gasteiger partial charge is 0.495 e. The highest BCUT2D eigenvalue weighted by Gasteiger charge is 2.33. The van der Waals surface area contributed by atoms with Crippen LogP contribution in [0.25, 0.3) is 0 Å². The number of carbonyl (C=O) groups is 1. The van der Waals surface area contributed by atoms with Gasteiger partial charge in [-0.3, -0.25) is 4.79 Å². The number of carboxylic acids is 1. The predicted molar refractivity (Wildman–Crippen MR) is 123 cm³/mol. The molecule has 2 aliphatic rings. The van der Waals surface area contributed by atoms with E-state index in [9.17, 15) is 9.90 Å². The van der Waals surface area contributed by atoms with E-state index in [4.69, 9.17) is 21.1 Å². The van der Waals surface area contributed by atoms with Crippen molar-refractivity contribution in [2.24, 2.45) is 5.92 Å². The maximum Gasteiger partial charge on any atom is 0.305 e. The molecule has 0 radical (unpaired) electrons. The number of pyridine rings is 2. The first kappa shape index (κ1) is 22.5. The summed E-state index contributed by atoms with van der Waals surface area (Å²) in [6, 6.07) is 5.77. The van der Waals surface area contributed by atoms with Crippen molar-refractivity contribution in [3.63, 3.8) is 0 Å². The van der Waals surface area contributed by atoms with E-state index in [0.717, 1.165) is 50.3 Å². The molecule has 0 aromatic carbocycles. The molecule has 0 aliphatic carbocycles. The highest BCUT2D eigenvalue weighted by atomic mass is 35.5. The van der Waals surface area contributed by atoms with Gasteiger partial charge in [-0.2, -0.15) is 0 Å². The number of halogens is 1. The van der Waals surface area contributed by atoms with Gasteiger partial charge in [0.05, 0.1) is 37.3 Å². The van der Waals surface area contributed by atoms with Crippen molar-refractivity contribution in [3.05, 3.63) is 35.7 Å². The molecule has 9 heteroatoms. The van der Waals surface area contributed by atoms with Crippen molar-refractivity contribution in [1.29, 1.82) is 0 Å². The molecular weight excluding hydrogens is 432 g/mol. The molecule has 2 aliphatic heterocycles. The Bertz CT molecular complexity index is 934. The van der Waals surface area contributed by atoms with Crippen LogP contribution in [0, 0.1) is 5.92 Å². The van der Waals surface area contributed by atoms with Crippen LogP contribution in [-0.2, 0) is 4.79 Å². The first-order chi connectivity index (χ1) is 15.4. The van der Waals surface area contributed by atoms with Crippen LogP contribution in [0.5, 0.6) is 11.6 Å². The third-order valence-electron chi connectivity index (χ3n) is 6.42. The van der Waals surface area contributed by atoms with Crippen LogP contribution in [0.3, 0.4) is 0 Å². The van der Waals surface area contributed by atoms with Gasteiger partial charge in [-0.15, -0.1) is 0 Å². The van der Waals surface area contributed by atoms with Crippen LogP contribution in [0.1, 0.15) is 32.6 Å². The fourth-order valence-corrected chi connectivity index (χ4v) is 4.79. The second-order valence-electron chi connectivity index (χ2n) is 8.47. The van der Waals surface area contributed by atoms with Gasteiger partial charge in [0.25, 0.3) is 0 Å². The SMILES string of the molecule is COc1cnc(Cl)c(N2CCC(Oc3ccc(N4CC[C@@H](C)[C@@H]4CC(=O)O)cn3)CC2)c1. The summed E-state index contributed by atoms with van der Waals surface area (Å²) in [6.07, 6.45) is 6.31. The van der Waals surface area contributed by atoms with Crippen LogP contribution >= 0.6 is 11.6 Å². The van der Waals surface area contributed by atoms with Gasteiger partial charge in [0.2, 0.25) is 5.88 Å². The van der Waals surface area contributed by atoms with Crippen LogP contribution < -0.4 is 19.3 Å². The molecular formula is C23H29ClN4O4. The van der Waals surface area contributed by atoms with Crippen molar-refractivity contribution in [3.8, 4) is 11.6 Å². The summed E-state index contributed by atoms with van der Waals surface area (Å²) in [7, 11) is 1.61. The molecule has 1 N–H and O–H groups in total. The lowest BCUT2D eigenvalue weighted by Crippen LogP contribution is -2.38. The zero-order chi connectivity index (χ0) is 22.7. The van der Waals surface area contributed by atoms with E-state index in [1.165, 1.54) is 0 Å². The number of methoxy groups -OCH3 is 1. The monoisotopic (exact) mass is 460 g/mol. The second kappa shape index (κ2) is 9.81. The number of ether oxygens (including phenoxy) is 2. The lowest BCUT2D eigenvalue weighted by atomic mass is 10.00. The Morgan fingerprint density at radius 2 is 1.97 bits per heavy atom. The van der Waals surface area contributed by atoms with Gasteiger partial charge in [0.15, 0.2) is 5.15 Å². The molecule has 4 heterocycles. The molecule has 2 saturated heterocycles. The second-order valence-corrected chi connectivity index (χ2v) is 8.83. The Labute approximate surface area is 193 Å². The van der Waals surface area contributed by atoms with E-state index < -0.39 is 5.97 Å². The van der Waals surface area contributed by atoms with Crippen LogP contribution in [0.4, 0.5) is 11.4 Å². The van der Waals surface area contributed by atoms with Crippen molar-refractivity contribution >= 4 is 28.9 Å². The van der Waals surface area contributed by atoms with Crippen molar-refractivity contribution < 1.29 is 19.4 Å². The van der Waals surface area contributed by atoms with E-state index in [2.05, 4.69) is 26.7 Å². The Morgan fingerprint density at radius 1 is 1.19 bits per heavy atom. The average molecular weight is 461 g/mol. The number of nitrogens with zero attached hydrogens (tertiary/aromatic N) is 4. The minimum absolute atomic E-state index is 0.00307. The topological polar surface area (TPSA) is 88.0 Å². The highest BCUT2D eigenvalue weighted by molar-refractivity contribution is 6.32. The van der Waals surface area contributed by atoms with E-state index in [1.54, 1.807) is 19.5 Å². The molecule has 0 unspecified atom stereocenters. The highest BCUT2D eigenvalue weighted by Crippen LogP contribution is 2.33. The lowest BCUT2D eigenvalue weighted by Gasteiger charge is -2.33. The molecule has 2 fully saturated rings. The molecule has 0 spiro atoms. The first-order valence-corrected chi connectivity index (χ1v) is 11.4. The molecule has 172 valence electrons. The van der Waals surface area contributed by atoms with Gasteiger partial charge < -0.3 is 24.4 Å². The number of carboxylic acid groups (broad SMARTS) is 1. The van der Waals surface area contributed by atoms with Gasteiger partial charge in [-0.05, 0) is 18.4 Å². The zero-order valence-electron chi connectivity index (χ0n) is 18.4. The van der Waals surface area contributed by atoms with Crippen molar-refractivity contribution in [2.45, 2.75) is 44.8 Å². The Kier molecular flexibility index (Phi) is 6.89. The maximum atomic E-state index is 11.2. The molecule has 0 bridgehead atoms. The number of aromatic nitrogens is 2. The Hall–Kier alpha value is -2.74. The normalized spacial score (nSPS) is 21.6. The van der Waals surface area contributed by atoms with E-state index in [1.807, 2.05) is 18.2 Å². The third-order valence-corrected chi connectivity index (χ3v) is 6.71. The molecule has 4 rings (SSSR count). The van der Waals surface area contributed by atoms with Gasteiger partial charge in [-0.1, -0.05) is 18.5 Å². The predicted octanol–water partition coefficient (Wildman–Crippen LogP) is 3.88. The summed E-state index contributed by atoms with van der Waals surface area (Å²) in [5.41, 5.74) is 1.82. The summed E-state index contributed by atoms with van der Waals surface area (Å²) < 4.78 is 11.4. The number of aliphatic carboxylic acids is 1. The maximum absolute atomic E-state index is 11.2. The average Bonchev–Trinajstić information content (AvgIpc) is 3.15. The standard InChI is InChI=1S/C23H29ClN4O4/c1-15-5-10-28(19(15)12-22(29)30)16-3-4-21(25-13-16)32-17-6-8-27(9-7-17)20-11-18(31-2)14-26-23(20)24/h3-4,11,13-15,17,19H,5-10,12H2,1-2H3,(H,29,30)/t15-,19+/m1/s1. The Balaban J connectivity index is 1.34. The van der Waals surface area contributed by atoms with Gasteiger partial charge >= 0.3 is 5.97 Å². The zero-order valence-corrected chi connectivity index (χ0v) is 19.2. The van der Waals surface area contributed by atoms with Gasteiger partial charge in [0.1, 0.15) is 11.9 Å².